The number of methoxy groups -OCH3 is 1. The topological polar surface area (TPSA) is 69.9 Å². The van der Waals surface area contributed by atoms with Crippen molar-refractivity contribution in [1.29, 1.82) is 0 Å². The Morgan fingerprint density at radius 1 is 1.30 bits per heavy atom. The summed E-state index contributed by atoms with van der Waals surface area (Å²) in [6.07, 6.45) is 3.82. The number of rotatable bonds is 5. The van der Waals surface area contributed by atoms with Crippen molar-refractivity contribution in [1.82, 2.24) is 19.7 Å². The smallest absolute Gasteiger partial charge is 0.221 e. The van der Waals surface area contributed by atoms with Gasteiger partial charge in [0.25, 0.3) is 0 Å². The van der Waals surface area contributed by atoms with Gasteiger partial charge in [-0.25, -0.2) is 14.6 Å². The summed E-state index contributed by atoms with van der Waals surface area (Å²) in [6.45, 7) is 0.450. The van der Waals surface area contributed by atoms with Gasteiger partial charge in [-0.1, -0.05) is 23.7 Å². The number of nitrogens with zero attached hydrogens (tertiary/aromatic N) is 4. The van der Waals surface area contributed by atoms with Crippen LogP contribution in [-0.2, 0) is 6.54 Å². The van der Waals surface area contributed by atoms with E-state index in [1.54, 1.807) is 18.0 Å². The first-order valence-electron chi connectivity index (χ1n) is 6.83. The Balaban J connectivity index is 1.97. The third-order valence-electron chi connectivity index (χ3n) is 3.24. The predicted octanol–water partition coefficient (Wildman–Crippen LogP) is 2.86. The van der Waals surface area contributed by atoms with Gasteiger partial charge in [0, 0.05) is 16.8 Å². The Hall–Kier alpha value is -2.73. The monoisotopic (exact) mass is 328 g/mol. The van der Waals surface area contributed by atoms with E-state index in [1.807, 2.05) is 30.3 Å². The van der Waals surface area contributed by atoms with Crippen molar-refractivity contribution in [2.75, 3.05) is 7.11 Å². The lowest BCUT2D eigenvalue weighted by molar-refractivity contribution is 0.111. The molecule has 0 saturated carbocycles. The molecule has 0 bridgehead atoms. The molecule has 0 amide bonds. The number of hydrogen-bond donors (Lipinski definition) is 0. The summed E-state index contributed by atoms with van der Waals surface area (Å²) in [4.78, 5) is 18.9. The summed E-state index contributed by atoms with van der Waals surface area (Å²) in [5, 5.41) is 4.68. The molecule has 0 unspecified atom stereocenters. The number of ether oxygens (including phenoxy) is 1. The van der Waals surface area contributed by atoms with E-state index in [1.165, 1.54) is 6.33 Å². The van der Waals surface area contributed by atoms with Crippen LogP contribution in [0.2, 0.25) is 5.02 Å². The number of halogens is 1. The highest BCUT2D eigenvalue weighted by molar-refractivity contribution is 6.30. The van der Waals surface area contributed by atoms with Gasteiger partial charge in [-0.2, -0.15) is 0 Å². The lowest BCUT2D eigenvalue weighted by Crippen LogP contribution is -2.03. The minimum Gasteiger partial charge on any atom is -0.481 e. The highest BCUT2D eigenvalue weighted by atomic mass is 35.5. The maximum Gasteiger partial charge on any atom is 0.221 e. The summed E-state index contributed by atoms with van der Waals surface area (Å²) < 4.78 is 6.91. The first-order valence-corrected chi connectivity index (χ1v) is 7.21. The molecule has 0 aliphatic heterocycles. The van der Waals surface area contributed by atoms with Crippen LogP contribution in [0.3, 0.4) is 0 Å². The molecule has 0 atom stereocenters. The largest absolute Gasteiger partial charge is 0.481 e. The molecule has 7 heteroatoms. The van der Waals surface area contributed by atoms with E-state index >= 15 is 0 Å². The predicted molar refractivity (Wildman–Crippen MR) is 85.7 cm³/mol. The van der Waals surface area contributed by atoms with Crippen LogP contribution in [0, 0.1) is 0 Å². The number of carbonyl (C=O) groups excluding carboxylic acids is 1. The zero-order valence-electron chi connectivity index (χ0n) is 12.3. The van der Waals surface area contributed by atoms with Crippen LogP contribution in [0.1, 0.15) is 16.2 Å². The molecule has 0 aliphatic rings. The molecule has 0 N–H and O–H groups in total. The van der Waals surface area contributed by atoms with Gasteiger partial charge in [-0.3, -0.25) is 4.79 Å². The van der Waals surface area contributed by atoms with Gasteiger partial charge >= 0.3 is 0 Å². The average Bonchev–Trinajstić information content (AvgIpc) is 3.02. The molecule has 0 fully saturated rings. The van der Waals surface area contributed by atoms with Gasteiger partial charge in [-0.05, 0) is 29.3 Å². The molecule has 0 spiro atoms. The third kappa shape index (κ3) is 3.37. The van der Waals surface area contributed by atoms with Crippen molar-refractivity contribution >= 4 is 17.9 Å². The molecule has 0 saturated heterocycles. The lowest BCUT2D eigenvalue weighted by atomic mass is 10.1. The Morgan fingerprint density at radius 3 is 2.87 bits per heavy atom. The van der Waals surface area contributed by atoms with Crippen molar-refractivity contribution in [2.24, 2.45) is 0 Å². The zero-order valence-corrected chi connectivity index (χ0v) is 13.1. The van der Waals surface area contributed by atoms with E-state index < -0.39 is 0 Å². The molecule has 2 aromatic heterocycles. The molecule has 0 radical (unpaired) electrons. The maximum atomic E-state index is 10.6. The molecule has 2 heterocycles. The van der Waals surface area contributed by atoms with Crippen LogP contribution < -0.4 is 4.74 Å². The summed E-state index contributed by atoms with van der Waals surface area (Å²) >= 11 is 6.06. The van der Waals surface area contributed by atoms with Crippen molar-refractivity contribution < 1.29 is 9.53 Å². The molecular weight excluding hydrogens is 316 g/mol. The quantitative estimate of drug-likeness (QED) is 0.673. The fraction of sp³-hybridized carbons (Fsp3) is 0.125. The molecule has 116 valence electrons. The molecule has 0 aliphatic carbocycles. The third-order valence-corrected chi connectivity index (χ3v) is 3.48. The van der Waals surface area contributed by atoms with Crippen molar-refractivity contribution in [3.8, 4) is 17.0 Å². The fourth-order valence-corrected chi connectivity index (χ4v) is 2.42. The number of aromatic nitrogens is 4. The number of benzene rings is 1. The summed E-state index contributed by atoms with van der Waals surface area (Å²) in [6, 6.07) is 9.43. The minimum atomic E-state index is 0.154. The van der Waals surface area contributed by atoms with Crippen LogP contribution >= 0.6 is 11.6 Å². The normalized spacial score (nSPS) is 10.5. The van der Waals surface area contributed by atoms with Gasteiger partial charge in [0.2, 0.25) is 11.7 Å². The number of hydrogen-bond acceptors (Lipinski definition) is 5. The second kappa shape index (κ2) is 6.58. The van der Waals surface area contributed by atoms with E-state index in [0.29, 0.717) is 23.7 Å². The van der Waals surface area contributed by atoms with Crippen LogP contribution in [-0.4, -0.2) is 33.1 Å². The van der Waals surface area contributed by atoms with E-state index in [-0.39, 0.29) is 5.82 Å². The molecule has 23 heavy (non-hydrogen) atoms. The van der Waals surface area contributed by atoms with Crippen molar-refractivity contribution in [3.63, 3.8) is 0 Å². The van der Waals surface area contributed by atoms with Gasteiger partial charge < -0.3 is 4.74 Å². The highest BCUT2D eigenvalue weighted by Gasteiger charge is 2.10. The van der Waals surface area contributed by atoms with Crippen molar-refractivity contribution in [3.05, 3.63) is 59.3 Å². The maximum absolute atomic E-state index is 10.6. The Morgan fingerprint density at radius 2 is 2.17 bits per heavy atom. The average molecular weight is 329 g/mol. The summed E-state index contributed by atoms with van der Waals surface area (Å²) in [5.41, 5.74) is 2.65. The first-order chi connectivity index (χ1) is 11.2. The Bertz CT molecular complexity index is 848. The molecule has 6 nitrogen and oxygen atoms in total. The van der Waals surface area contributed by atoms with Crippen LogP contribution in [0.4, 0.5) is 0 Å². The van der Waals surface area contributed by atoms with E-state index in [9.17, 15) is 4.79 Å². The fourth-order valence-electron chi connectivity index (χ4n) is 2.23. The van der Waals surface area contributed by atoms with Crippen molar-refractivity contribution in [2.45, 2.75) is 6.54 Å². The number of aldehydes is 1. The van der Waals surface area contributed by atoms with E-state index in [4.69, 9.17) is 16.3 Å². The highest BCUT2D eigenvalue weighted by Crippen LogP contribution is 2.30. The molecule has 3 rings (SSSR count). The second-order valence-electron chi connectivity index (χ2n) is 4.83. The van der Waals surface area contributed by atoms with Gasteiger partial charge in [-0.15, -0.1) is 5.10 Å². The van der Waals surface area contributed by atoms with Gasteiger partial charge in [0.1, 0.15) is 6.33 Å². The number of pyridine rings is 1. The Labute approximate surface area is 137 Å². The van der Waals surface area contributed by atoms with E-state index in [2.05, 4.69) is 15.1 Å². The first kappa shape index (κ1) is 15.2. The summed E-state index contributed by atoms with van der Waals surface area (Å²) in [5.74, 6) is 0.671. The van der Waals surface area contributed by atoms with Crippen LogP contribution in [0.5, 0.6) is 5.88 Å². The van der Waals surface area contributed by atoms with E-state index in [0.717, 1.165) is 16.7 Å². The molecular formula is C16H13ClN4O2. The van der Waals surface area contributed by atoms with Crippen LogP contribution in [0.15, 0.2) is 42.9 Å². The summed E-state index contributed by atoms with van der Waals surface area (Å²) in [7, 11) is 1.57. The second-order valence-corrected chi connectivity index (χ2v) is 5.27. The zero-order chi connectivity index (χ0) is 16.2. The standard InChI is InChI=1S/C16H13ClN4O2/c1-23-16-14(12-3-2-4-13(17)6-12)5-11(7-18-16)8-21-10-19-15(9-22)20-21/h2-7,9-10H,8H2,1H3. The molecule has 3 aromatic rings. The number of carbonyl (C=O) groups is 1. The lowest BCUT2D eigenvalue weighted by Gasteiger charge is -2.10. The molecule has 1 aromatic carbocycles. The SMILES string of the molecule is COc1ncc(Cn2cnc(C=O)n2)cc1-c1cccc(Cl)c1. The van der Waals surface area contributed by atoms with Gasteiger partial charge in [0.05, 0.1) is 13.7 Å². The van der Waals surface area contributed by atoms with Crippen LogP contribution in [0.25, 0.3) is 11.1 Å². The minimum absolute atomic E-state index is 0.154. The van der Waals surface area contributed by atoms with Gasteiger partial charge in [0.15, 0.2) is 6.29 Å². The Kier molecular flexibility index (Phi) is 4.34.